The van der Waals surface area contributed by atoms with Crippen molar-refractivity contribution in [2.45, 2.75) is 64.8 Å². The number of carbonyl (C=O) groups excluding carboxylic acids is 1. The van der Waals surface area contributed by atoms with E-state index in [1.807, 2.05) is 27.7 Å². The van der Waals surface area contributed by atoms with Gasteiger partial charge in [-0.1, -0.05) is 16.8 Å². The van der Waals surface area contributed by atoms with Crippen LogP contribution in [0.2, 0.25) is 5.02 Å². The molecule has 0 saturated carbocycles. The first-order chi connectivity index (χ1) is 12.9. The summed E-state index contributed by atoms with van der Waals surface area (Å²) in [5.74, 6) is -1.06. The summed E-state index contributed by atoms with van der Waals surface area (Å²) in [5, 5.41) is 4.17. The summed E-state index contributed by atoms with van der Waals surface area (Å²) in [6.45, 7) is 11.1. The van der Waals surface area contributed by atoms with Crippen molar-refractivity contribution in [1.29, 1.82) is 0 Å². The molecule has 0 N–H and O–H groups in total. The third-order valence-electron chi connectivity index (χ3n) is 5.47. The van der Waals surface area contributed by atoms with Crippen molar-refractivity contribution in [1.82, 2.24) is 0 Å². The highest BCUT2D eigenvalue weighted by Crippen LogP contribution is 2.37. The molecule has 0 aliphatic carbocycles. The predicted octanol–water partition coefficient (Wildman–Crippen LogP) is 3.22. The van der Waals surface area contributed by atoms with E-state index in [0.29, 0.717) is 11.3 Å². The molecule has 0 spiro atoms. The van der Waals surface area contributed by atoms with Crippen LogP contribution in [-0.4, -0.2) is 42.2 Å². The normalized spacial score (nSPS) is 25.4. The van der Waals surface area contributed by atoms with Crippen LogP contribution in [0.1, 0.15) is 53.5 Å². The van der Waals surface area contributed by atoms with Gasteiger partial charge < -0.3 is 18.9 Å². The van der Waals surface area contributed by atoms with Crippen molar-refractivity contribution in [3.05, 3.63) is 28.5 Å². The second-order valence-corrected chi connectivity index (χ2v) is 8.61. The Bertz CT molecular complexity index is 828. The van der Waals surface area contributed by atoms with Crippen molar-refractivity contribution >= 4 is 35.9 Å². The van der Waals surface area contributed by atoms with Crippen LogP contribution >= 0.6 is 11.6 Å². The van der Waals surface area contributed by atoms with E-state index in [0.717, 1.165) is 0 Å². The first-order valence-electron chi connectivity index (χ1n) is 9.17. The Morgan fingerprint density at radius 2 is 1.86 bits per heavy atom. The van der Waals surface area contributed by atoms with E-state index in [-0.39, 0.29) is 23.5 Å². The van der Waals surface area contributed by atoms with Gasteiger partial charge in [-0.25, -0.2) is 9.18 Å². The van der Waals surface area contributed by atoms with Gasteiger partial charge in [0.1, 0.15) is 5.82 Å². The molecule has 0 radical (unpaired) electrons. The first kappa shape index (κ1) is 21.1. The monoisotopic (exact) mass is 411 g/mol. The lowest BCUT2D eigenvalue weighted by Gasteiger charge is -2.32. The van der Waals surface area contributed by atoms with E-state index in [9.17, 15) is 9.18 Å². The number of benzene rings is 1. The molecular formula is C19H24BClFNO5. The minimum Gasteiger partial charge on any atom is -0.463 e. The first-order valence-corrected chi connectivity index (χ1v) is 9.55. The average molecular weight is 412 g/mol. The zero-order valence-electron chi connectivity index (χ0n) is 16.9. The Morgan fingerprint density at radius 3 is 2.43 bits per heavy atom. The van der Waals surface area contributed by atoms with Crippen LogP contribution < -0.4 is 5.46 Å². The molecule has 1 saturated heterocycles. The standard InChI is InChI=1S/C19H24BClFNO5/c1-7-25-16(24)19(6)10-15(23-28-19)11-8-12(14(22)9-13(11)21)20-26-17(2,3)18(4,5)27-20/h8-9H,7,10H2,1-6H3. The zero-order valence-corrected chi connectivity index (χ0v) is 17.6. The van der Waals surface area contributed by atoms with Crippen molar-refractivity contribution in [2.75, 3.05) is 6.61 Å². The highest BCUT2D eigenvalue weighted by atomic mass is 35.5. The predicted molar refractivity (Wildman–Crippen MR) is 104 cm³/mol. The highest BCUT2D eigenvalue weighted by molar-refractivity contribution is 6.62. The fourth-order valence-corrected chi connectivity index (χ4v) is 3.27. The third kappa shape index (κ3) is 3.53. The molecule has 1 atom stereocenters. The number of ether oxygens (including phenoxy) is 1. The fourth-order valence-electron chi connectivity index (χ4n) is 3.02. The molecule has 0 aromatic heterocycles. The lowest BCUT2D eigenvalue weighted by Crippen LogP contribution is -2.41. The Kier molecular flexibility index (Phi) is 5.27. The largest absolute Gasteiger partial charge is 0.497 e. The molecule has 1 aromatic rings. The van der Waals surface area contributed by atoms with Crippen LogP contribution in [0.5, 0.6) is 0 Å². The molecule has 2 aliphatic heterocycles. The lowest BCUT2D eigenvalue weighted by molar-refractivity contribution is -0.166. The molecule has 3 rings (SSSR count). The van der Waals surface area contributed by atoms with Gasteiger partial charge in [0.15, 0.2) is 0 Å². The molecule has 1 aromatic carbocycles. The highest BCUT2D eigenvalue weighted by Gasteiger charge is 2.53. The SMILES string of the molecule is CCOC(=O)C1(C)CC(c2cc(B3OC(C)(C)C(C)(C)O3)c(F)cc2Cl)=NO1. The van der Waals surface area contributed by atoms with Gasteiger partial charge >= 0.3 is 13.1 Å². The van der Waals surface area contributed by atoms with Crippen molar-refractivity contribution < 1.29 is 28.1 Å². The molecule has 2 heterocycles. The summed E-state index contributed by atoms with van der Waals surface area (Å²) in [5.41, 5.74) is -1.36. The summed E-state index contributed by atoms with van der Waals surface area (Å²) >= 11 is 6.26. The molecule has 152 valence electrons. The topological polar surface area (TPSA) is 66.4 Å². The maximum Gasteiger partial charge on any atom is 0.497 e. The summed E-state index contributed by atoms with van der Waals surface area (Å²) in [6.07, 6.45) is 0.153. The Balaban J connectivity index is 1.91. The van der Waals surface area contributed by atoms with Crippen LogP contribution in [-0.2, 0) is 23.7 Å². The number of hydrogen-bond acceptors (Lipinski definition) is 6. The number of esters is 1. The van der Waals surface area contributed by atoms with Crippen LogP contribution in [0.15, 0.2) is 17.3 Å². The number of halogens is 2. The van der Waals surface area contributed by atoms with Gasteiger partial charge in [-0.15, -0.1) is 0 Å². The van der Waals surface area contributed by atoms with Crippen LogP contribution in [0.4, 0.5) is 4.39 Å². The van der Waals surface area contributed by atoms with E-state index in [4.69, 9.17) is 30.5 Å². The van der Waals surface area contributed by atoms with Gasteiger partial charge in [-0.2, -0.15) is 0 Å². The maximum absolute atomic E-state index is 14.7. The van der Waals surface area contributed by atoms with Gasteiger partial charge in [-0.3, -0.25) is 0 Å². The number of carbonyl (C=O) groups is 1. The summed E-state index contributed by atoms with van der Waals surface area (Å²) in [4.78, 5) is 17.5. The van der Waals surface area contributed by atoms with Crippen LogP contribution in [0.25, 0.3) is 0 Å². The van der Waals surface area contributed by atoms with E-state index in [1.54, 1.807) is 19.9 Å². The quantitative estimate of drug-likeness (QED) is 0.562. The lowest BCUT2D eigenvalue weighted by atomic mass is 9.77. The smallest absolute Gasteiger partial charge is 0.463 e. The molecule has 9 heteroatoms. The molecule has 1 unspecified atom stereocenters. The maximum atomic E-state index is 14.7. The minimum absolute atomic E-state index is 0.153. The number of oxime groups is 1. The van der Waals surface area contributed by atoms with Crippen LogP contribution in [0.3, 0.4) is 0 Å². The fraction of sp³-hybridized carbons (Fsp3) is 0.579. The van der Waals surface area contributed by atoms with Crippen molar-refractivity contribution in [3.63, 3.8) is 0 Å². The van der Waals surface area contributed by atoms with Gasteiger partial charge in [0.25, 0.3) is 0 Å². The van der Waals surface area contributed by atoms with E-state index in [2.05, 4.69) is 5.16 Å². The van der Waals surface area contributed by atoms with Crippen molar-refractivity contribution in [2.24, 2.45) is 5.16 Å². The van der Waals surface area contributed by atoms with E-state index < -0.39 is 35.7 Å². The molecular weight excluding hydrogens is 387 g/mol. The van der Waals surface area contributed by atoms with Crippen molar-refractivity contribution in [3.8, 4) is 0 Å². The summed E-state index contributed by atoms with van der Waals surface area (Å²) in [6, 6.07) is 2.73. The van der Waals surface area contributed by atoms with Crippen LogP contribution in [0, 0.1) is 5.82 Å². The summed E-state index contributed by atoms with van der Waals surface area (Å²) in [7, 11) is -0.889. The number of hydrogen-bond donors (Lipinski definition) is 0. The molecule has 1 fully saturated rings. The Morgan fingerprint density at radius 1 is 1.25 bits per heavy atom. The van der Waals surface area contributed by atoms with Gasteiger partial charge in [0.2, 0.25) is 5.60 Å². The average Bonchev–Trinajstić information content (AvgIpc) is 3.06. The second kappa shape index (κ2) is 7.00. The molecule has 28 heavy (non-hydrogen) atoms. The van der Waals surface area contributed by atoms with Gasteiger partial charge in [0, 0.05) is 17.4 Å². The van der Waals surface area contributed by atoms with Gasteiger partial charge in [-0.05, 0) is 53.7 Å². The summed E-state index contributed by atoms with van der Waals surface area (Å²) < 4.78 is 31.6. The van der Waals surface area contributed by atoms with Gasteiger partial charge in [0.05, 0.1) is 28.5 Å². The molecule has 6 nitrogen and oxygen atoms in total. The zero-order chi connectivity index (χ0) is 20.9. The third-order valence-corrected chi connectivity index (χ3v) is 5.79. The minimum atomic E-state index is -1.24. The number of nitrogens with zero attached hydrogens (tertiary/aromatic N) is 1. The molecule has 0 bridgehead atoms. The second-order valence-electron chi connectivity index (χ2n) is 8.20. The van der Waals surface area contributed by atoms with E-state index >= 15 is 0 Å². The number of rotatable bonds is 4. The van der Waals surface area contributed by atoms with E-state index in [1.165, 1.54) is 6.07 Å². The molecule has 2 aliphatic rings. The Labute approximate surface area is 169 Å². The Hall–Kier alpha value is -1.64. The molecule has 0 amide bonds.